The summed E-state index contributed by atoms with van der Waals surface area (Å²) < 4.78 is 10.9. The van der Waals surface area contributed by atoms with Crippen LogP contribution in [-0.2, 0) is 0 Å². The van der Waals surface area contributed by atoms with Gasteiger partial charge in [0.05, 0.1) is 13.7 Å². The summed E-state index contributed by atoms with van der Waals surface area (Å²) in [6.45, 7) is 4.36. The minimum atomic E-state index is -0.0503. The number of nitrogens with one attached hydrogen (secondary N) is 1. The highest BCUT2D eigenvalue weighted by Crippen LogP contribution is 2.29. The first-order chi connectivity index (χ1) is 13.2. The minimum Gasteiger partial charge on any atom is -0.497 e. The van der Waals surface area contributed by atoms with Gasteiger partial charge in [-0.1, -0.05) is 25.5 Å². The third-order valence-corrected chi connectivity index (χ3v) is 4.93. The van der Waals surface area contributed by atoms with Gasteiger partial charge >= 0.3 is 6.03 Å². The summed E-state index contributed by atoms with van der Waals surface area (Å²) in [7, 11) is 1.67. The topological polar surface area (TPSA) is 50.8 Å². The molecule has 1 fully saturated rings. The monoisotopic (exact) mass is 368 g/mol. The Kier molecular flexibility index (Phi) is 6.58. The number of hydrogen-bond acceptors (Lipinski definition) is 3. The van der Waals surface area contributed by atoms with Gasteiger partial charge in [0.25, 0.3) is 0 Å². The second kappa shape index (κ2) is 9.31. The lowest BCUT2D eigenvalue weighted by molar-refractivity contribution is 0.222. The van der Waals surface area contributed by atoms with Crippen molar-refractivity contribution in [1.82, 2.24) is 4.90 Å². The molecule has 3 rings (SSSR count). The number of amides is 2. The number of anilines is 1. The molecule has 1 aliphatic rings. The molecule has 1 atom stereocenters. The van der Waals surface area contributed by atoms with Gasteiger partial charge < -0.3 is 19.7 Å². The summed E-state index contributed by atoms with van der Waals surface area (Å²) in [6.07, 6.45) is 3.13. The van der Waals surface area contributed by atoms with Crippen molar-refractivity contribution in [2.45, 2.75) is 32.1 Å². The molecule has 5 nitrogen and oxygen atoms in total. The Hall–Kier alpha value is -2.69. The maximum absolute atomic E-state index is 12.6. The lowest BCUT2D eigenvalue weighted by atomic mass is 9.98. The smallest absolute Gasteiger partial charge is 0.321 e. The Morgan fingerprint density at radius 3 is 2.48 bits per heavy atom. The second-order valence-corrected chi connectivity index (χ2v) is 6.86. The van der Waals surface area contributed by atoms with Crippen LogP contribution in [-0.4, -0.2) is 37.7 Å². The number of urea groups is 1. The number of rotatable bonds is 7. The van der Waals surface area contributed by atoms with E-state index >= 15 is 0 Å². The van der Waals surface area contributed by atoms with Crippen molar-refractivity contribution >= 4 is 11.7 Å². The molecule has 27 heavy (non-hydrogen) atoms. The van der Waals surface area contributed by atoms with Crippen LogP contribution in [0, 0.1) is 0 Å². The molecule has 0 aromatic heterocycles. The number of unbranched alkanes of at least 4 members (excludes halogenated alkanes) is 1. The zero-order valence-corrected chi connectivity index (χ0v) is 16.1. The van der Waals surface area contributed by atoms with Crippen LogP contribution < -0.4 is 14.8 Å². The molecule has 2 aromatic carbocycles. The van der Waals surface area contributed by atoms with Gasteiger partial charge in [-0.25, -0.2) is 4.79 Å². The van der Waals surface area contributed by atoms with E-state index in [1.807, 2.05) is 41.3 Å². The SMILES string of the molecule is CCCCOc1ccc(NC(=O)N2CCC(c3ccc(OC)cc3)C2)cc1. The zero-order valence-electron chi connectivity index (χ0n) is 16.1. The number of carbonyl (C=O) groups is 1. The molecule has 0 spiro atoms. The van der Waals surface area contributed by atoms with E-state index in [1.165, 1.54) is 5.56 Å². The van der Waals surface area contributed by atoms with E-state index in [0.29, 0.717) is 5.92 Å². The van der Waals surface area contributed by atoms with Gasteiger partial charge in [0.1, 0.15) is 11.5 Å². The molecule has 1 heterocycles. The van der Waals surface area contributed by atoms with Crippen LogP contribution in [0.3, 0.4) is 0 Å². The molecular weight excluding hydrogens is 340 g/mol. The van der Waals surface area contributed by atoms with Gasteiger partial charge in [0, 0.05) is 24.7 Å². The molecule has 0 radical (unpaired) electrons. The van der Waals surface area contributed by atoms with Crippen LogP contribution in [0.25, 0.3) is 0 Å². The number of likely N-dealkylation sites (tertiary alicyclic amines) is 1. The molecule has 1 aliphatic heterocycles. The average molecular weight is 368 g/mol. The first-order valence-corrected chi connectivity index (χ1v) is 9.62. The van der Waals surface area contributed by atoms with Crippen molar-refractivity contribution in [3.05, 3.63) is 54.1 Å². The maximum atomic E-state index is 12.6. The fourth-order valence-corrected chi connectivity index (χ4v) is 3.26. The molecule has 2 amide bonds. The quantitative estimate of drug-likeness (QED) is 0.708. The largest absolute Gasteiger partial charge is 0.497 e. The lowest BCUT2D eigenvalue weighted by Gasteiger charge is -2.18. The van der Waals surface area contributed by atoms with Gasteiger partial charge in [-0.15, -0.1) is 0 Å². The van der Waals surface area contributed by atoms with Gasteiger partial charge in [-0.05, 0) is 54.8 Å². The van der Waals surface area contributed by atoms with E-state index in [-0.39, 0.29) is 6.03 Å². The Balaban J connectivity index is 1.51. The van der Waals surface area contributed by atoms with E-state index in [1.54, 1.807) is 7.11 Å². The molecule has 144 valence electrons. The number of methoxy groups -OCH3 is 1. The first-order valence-electron chi connectivity index (χ1n) is 9.62. The Labute approximate surface area is 161 Å². The Morgan fingerprint density at radius 2 is 1.81 bits per heavy atom. The number of ether oxygens (including phenoxy) is 2. The highest BCUT2D eigenvalue weighted by Gasteiger charge is 2.27. The fourth-order valence-electron chi connectivity index (χ4n) is 3.26. The van der Waals surface area contributed by atoms with E-state index < -0.39 is 0 Å². The van der Waals surface area contributed by atoms with Crippen molar-refractivity contribution in [2.24, 2.45) is 0 Å². The van der Waals surface area contributed by atoms with Crippen molar-refractivity contribution in [3.8, 4) is 11.5 Å². The van der Waals surface area contributed by atoms with Crippen molar-refractivity contribution in [2.75, 3.05) is 32.1 Å². The third-order valence-electron chi connectivity index (χ3n) is 4.93. The van der Waals surface area contributed by atoms with E-state index in [2.05, 4.69) is 24.4 Å². The van der Waals surface area contributed by atoms with Crippen molar-refractivity contribution in [1.29, 1.82) is 0 Å². The summed E-state index contributed by atoms with van der Waals surface area (Å²) >= 11 is 0. The average Bonchev–Trinajstić information content (AvgIpc) is 3.20. The van der Waals surface area contributed by atoms with Gasteiger partial charge in [-0.3, -0.25) is 0 Å². The number of carbonyl (C=O) groups excluding carboxylic acids is 1. The number of benzene rings is 2. The van der Waals surface area contributed by atoms with E-state index in [4.69, 9.17) is 9.47 Å². The Bertz CT molecular complexity index is 728. The van der Waals surface area contributed by atoms with Crippen LogP contribution in [0.2, 0.25) is 0 Å². The molecule has 1 unspecified atom stereocenters. The molecule has 5 heteroatoms. The van der Waals surface area contributed by atoms with Crippen molar-refractivity contribution < 1.29 is 14.3 Å². The molecule has 2 aromatic rings. The minimum absolute atomic E-state index is 0.0503. The van der Waals surface area contributed by atoms with Gasteiger partial charge in [0.2, 0.25) is 0 Å². The van der Waals surface area contributed by atoms with E-state index in [9.17, 15) is 4.79 Å². The summed E-state index contributed by atoms with van der Waals surface area (Å²) in [5, 5.41) is 2.98. The van der Waals surface area contributed by atoms with E-state index in [0.717, 1.165) is 56.1 Å². The second-order valence-electron chi connectivity index (χ2n) is 6.86. The normalized spacial score (nSPS) is 16.2. The first kappa shape index (κ1) is 19.1. The van der Waals surface area contributed by atoms with Gasteiger partial charge in [-0.2, -0.15) is 0 Å². The van der Waals surface area contributed by atoms with Crippen LogP contribution in [0.4, 0.5) is 10.5 Å². The summed E-state index contributed by atoms with van der Waals surface area (Å²) in [4.78, 5) is 14.4. The maximum Gasteiger partial charge on any atom is 0.321 e. The van der Waals surface area contributed by atoms with Crippen LogP contribution >= 0.6 is 0 Å². The zero-order chi connectivity index (χ0) is 19.1. The van der Waals surface area contributed by atoms with Crippen LogP contribution in [0.5, 0.6) is 11.5 Å². The highest BCUT2D eigenvalue weighted by atomic mass is 16.5. The van der Waals surface area contributed by atoms with Crippen LogP contribution in [0.15, 0.2) is 48.5 Å². The standard InChI is InChI=1S/C22H28N2O3/c1-3-4-15-27-21-11-7-19(8-12-21)23-22(25)24-14-13-18(16-24)17-5-9-20(26-2)10-6-17/h5-12,18H,3-4,13-16H2,1-2H3,(H,23,25). The summed E-state index contributed by atoms with van der Waals surface area (Å²) in [5.74, 6) is 2.06. The highest BCUT2D eigenvalue weighted by molar-refractivity contribution is 5.89. The molecule has 0 aliphatic carbocycles. The fraction of sp³-hybridized carbons (Fsp3) is 0.409. The molecule has 0 saturated carbocycles. The van der Waals surface area contributed by atoms with Gasteiger partial charge in [0.15, 0.2) is 0 Å². The molecule has 1 saturated heterocycles. The molecule has 0 bridgehead atoms. The predicted octanol–water partition coefficient (Wildman–Crippen LogP) is 4.90. The molecular formula is C22H28N2O3. The third kappa shape index (κ3) is 5.16. The molecule has 1 N–H and O–H groups in total. The Morgan fingerprint density at radius 1 is 1.11 bits per heavy atom. The van der Waals surface area contributed by atoms with Crippen molar-refractivity contribution in [3.63, 3.8) is 0 Å². The summed E-state index contributed by atoms with van der Waals surface area (Å²) in [5.41, 5.74) is 2.04. The lowest BCUT2D eigenvalue weighted by Crippen LogP contribution is -2.32. The summed E-state index contributed by atoms with van der Waals surface area (Å²) in [6, 6.07) is 15.6. The predicted molar refractivity (Wildman–Crippen MR) is 108 cm³/mol. The number of nitrogens with zero attached hydrogens (tertiary/aromatic N) is 1. The number of hydrogen-bond donors (Lipinski definition) is 1. The van der Waals surface area contributed by atoms with Crippen LogP contribution in [0.1, 0.15) is 37.7 Å².